The molecule has 2 bridgehead atoms. The largest absolute Gasteiger partial charge is 0.487 e. The quantitative estimate of drug-likeness (QED) is 0.524. The zero-order valence-electron chi connectivity index (χ0n) is 19.2. The number of hydrogen-bond donors (Lipinski definition) is 2. The molecule has 1 fully saturated rings. The Labute approximate surface area is 212 Å². The molecule has 11 heteroatoms. The maximum atomic E-state index is 12.2. The minimum Gasteiger partial charge on any atom is -0.487 e. The third-order valence-corrected chi connectivity index (χ3v) is 6.86. The van der Waals surface area contributed by atoms with Crippen molar-refractivity contribution in [2.45, 2.75) is 25.4 Å². The highest BCUT2D eigenvalue weighted by atomic mass is 35.5. The minimum atomic E-state index is -1.06. The number of rotatable bonds is 7. The number of amides is 1. The van der Waals surface area contributed by atoms with Gasteiger partial charge in [0.05, 0.1) is 21.7 Å². The summed E-state index contributed by atoms with van der Waals surface area (Å²) in [5, 5.41) is 20.2. The summed E-state index contributed by atoms with van der Waals surface area (Å²) in [5.74, 6) is -0.303. The van der Waals surface area contributed by atoms with E-state index < -0.39 is 18.1 Å². The molecule has 0 unspecified atom stereocenters. The lowest BCUT2D eigenvalue weighted by Crippen LogP contribution is -2.61. The molecule has 9 nitrogen and oxygen atoms in total. The van der Waals surface area contributed by atoms with Crippen molar-refractivity contribution < 1.29 is 29.3 Å². The van der Waals surface area contributed by atoms with E-state index in [0.29, 0.717) is 45.8 Å². The van der Waals surface area contributed by atoms with Crippen LogP contribution in [0, 0.1) is 6.92 Å². The Kier molecular flexibility index (Phi) is 7.39. The highest BCUT2D eigenvalue weighted by molar-refractivity contribution is 6.37. The molecule has 2 aliphatic heterocycles. The van der Waals surface area contributed by atoms with Crippen molar-refractivity contribution in [3.63, 3.8) is 0 Å². The van der Waals surface area contributed by atoms with Gasteiger partial charge in [-0.3, -0.25) is 4.90 Å². The van der Waals surface area contributed by atoms with Gasteiger partial charge in [0.2, 0.25) is 5.88 Å². The van der Waals surface area contributed by atoms with Gasteiger partial charge < -0.3 is 24.6 Å². The Morgan fingerprint density at radius 1 is 1.11 bits per heavy atom. The normalized spacial score (nSPS) is 20.1. The second-order valence-electron chi connectivity index (χ2n) is 8.56. The number of aromatic nitrogens is 1. The van der Waals surface area contributed by atoms with Crippen molar-refractivity contribution in [1.29, 1.82) is 0 Å². The zero-order chi connectivity index (χ0) is 25.3. The molecule has 186 valence electrons. The summed E-state index contributed by atoms with van der Waals surface area (Å²) in [6.45, 7) is 2.73. The van der Waals surface area contributed by atoms with E-state index in [2.05, 4.69) is 4.98 Å². The lowest BCUT2D eigenvalue weighted by Gasteiger charge is -2.48. The van der Waals surface area contributed by atoms with Crippen LogP contribution in [0.4, 0.5) is 4.79 Å². The van der Waals surface area contributed by atoms with Gasteiger partial charge in [-0.05, 0) is 55.3 Å². The van der Waals surface area contributed by atoms with E-state index in [1.54, 1.807) is 30.5 Å². The average Bonchev–Trinajstić information content (AvgIpc) is 2.78. The third-order valence-electron chi connectivity index (χ3n) is 6.30. The molecule has 3 heterocycles. The number of halogens is 2. The molecule has 35 heavy (non-hydrogen) atoms. The number of aryl methyl sites for hydroxylation is 1. The van der Waals surface area contributed by atoms with E-state index in [4.69, 9.17) is 32.7 Å². The first-order valence-corrected chi connectivity index (χ1v) is 11.7. The molecule has 2 aromatic rings. The van der Waals surface area contributed by atoms with Gasteiger partial charge in [0, 0.05) is 31.4 Å². The van der Waals surface area contributed by atoms with E-state index in [0.717, 1.165) is 5.56 Å². The molecular weight excluding hydrogens is 497 g/mol. The smallest absolute Gasteiger partial charge is 0.407 e. The van der Waals surface area contributed by atoms with Gasteiger partial charge >= 0.3 is 12.1 Å². The van der Waals surface area contributed by atoms with Gasteiger partial charge in [-0.15, -0.1) is 0 Å². The van der Waals surface area contributed by atoms with Crippen LogP contribution in [0.15, 0.2) is 36.0 Å². The van der Waals surface area contributed by atoms with Crippen molar-refractivity contribution in [2.24, 2.45) is 0 Å². The molecule has 0 radical (unpaired) electrons. The van der Waals surface area contributed by atoms with Crippen LogP contribution in [0.25, 0.3) is 5.57 Å². The molecule has 4 rings (SSSR count). The Hall–Kier alpha value is -3.01. The van der Waals surface area contributed by atoms with Crippen LogP contribution >= 0.6 is 23.2 Å². The minimum absolute atomic E-state index is 0.108. The fraction of sp³-hybridized carbons (Fsp3) is 0.375. The molecule has 2 atom stereocenters. The second kappa shape index (κ2) is 10.3. The first-order chi connectivity index (χ1) is 16.7. The Bertz CT molecular complexity index is 1150. The summed E-state index contributed by atoms with van der Waals surface area (Å²) in [6.07, 6.45) is 0.949. The summed E-state index contributed by atoms with van der Waals surface area (Å²) >= 11 is 12.4. The van der Waals surface area contributed by atoms with Crippen LogP contribution in [0.2, 0.25) is 10.0 Å². The number of carboxylic acids is 1. The first-order valence-electron chi connectivity index (χ1n) is 11.0. The SMILES string of the molecule is Cc1cc(Cl)c(OCCOc2ccc(C3=C(C(=O)O)[C@H]4CN(C(=O)O)C[C@@H](C3)N4C)cn2)c(Cl)c1. The lowest BCUT2D eigenvalue weighted by atomic mass is 9.82. The summed E-state index contributed by atoms with van der Waals surface area (Å²) in [7, 11) is 1.84. The number of benzene rings is 1. The van der Waals surface area contributed by atoms with Gasteiger partial charge in [-0.25, -0.2) is 14.6 Å². The van der Waals surface area contributed by atoms with E-state index >= 15 is 0 Å². The van der Waals surface area contributed by atoms with Crippen LogP contribution in [-0.4, -0.2) is 82.5 Å². The van der Waals surface area contributed by atoms with E-state index in [1.165, 1.54) is 4.90 Å². The Morgan fingerprint density at radius 3 is 2.40 bits per heavy atom. The van der Waals surface area contributed by atoms with Crippen molar-refractivity contribution in [3.05, 3.63) is 57.2 Å². The summed E-state index contributed by atoms with van der Waals surface area (Å²) in [6, 6.07) is 6.33. The number of aliphatic carboxylic acids is 1. The van der Waals surface area contributed by atoms with Gasteiger partial charge in [-0.2, -0.15) is 0 Å². The van der Waals surface area contributed by atoms with Crippen molar-refractivity contribution in [2.75, 3.05) is 33.4 Å². The number of piperazine rings is 1. The van der Waals surface area contributed by atoms with Crippen LogP contribution in [-0.2, 0) is 4.79 Å². The van der Waals surface area contributed by atoms with E-state index in [1.807, 2.05) is 18.9 Å². The maximum Gasteiger partial charge on any atom is 0.407 e. The molecule has 2 N–H and O–H groups in total. The molecule has 2 aliphatic rings. The summed E-state index contributed by atoms with van der Waals surface area (Å²) in [5.41, 5.74) is 2.48. The van der Waals surface area contributed by atoms with E-state index in [-0.39, 0.29) is 31.4 Å². The number of ether oxygens (including phenoxy) is 2. The second-order valence-corrected chi connectivity index (χ2v) is 9.38. The molecule has 1 amide bonds. The predicted molar refractivity (Wildman–Crippen MR) is 131 cm³/mol. The number of fused-ring (bicyclic) bond motifs is 2. The van der Waals surface area contributed by atoms with Crippen LogP contribution in [0.1, 0.15) is 17.5 Å². The van der Waals surface area contributed by atoms with Gasteiger partial charge in [-0.1, -0.05) is 23.2 Å². The van der Waals surface area contributed by atoms with E-state index in [9.17, 15) is 19.8 Å². The molecule has 1 aromatic heterocycles. The predicted octanol–water partition coefficient (Wildman–Crippen LogP) is 4.06. The van der Waals surface area contributed by atoms with Crippen LogP contribution < -0.4 is 9.47 Å². The summed E-state index contributed by atoms with van der Waals surface area (Å²) < 4.78 is 11.3. The van der Waals surface area contributed by atoms with Crippen molar-refractivity contribution in [1.82, 2.24) is 14.8 Å². The lowest BCUT2D eigenvalue weighted by molar-refractivity contribution is -0.134. The Balaban J connectivity index is 1.44. The van der Waals surface area contributed by atoms with Gasteiger partial charge in [0.1, 0.15) is 13.2 Å². The monoisotopic (exact) mass is 521 g/mol. The van der Waals surface area contributed by atoms with Crippen LogP contribution in [0.3, 0.4) is 0 Å². The topological polar surface area (TPSA) is 112 Å². The molecule has 0 aliphatic carbocycles. The highest BCUT2D eigenvalue weighted by Gasteiger charge is 2.43. The number of carbonyl (C=O) groups is 2. The molecule has 0 spiro atoms. The van der Waals surface area contributed by atoms with Crippen molar-refractivity contribution in [3.8, 4) is 11.6 Å². The first kappa shape index (κ1) is 25.1. The molecule has 1 aromatic carbocycles. The van der Waals surface area contributed by atoms with Gasteiger partial charge in [0.25, 0.3) is 0 Å². The summed E-state index contributed by atoms with van der Waals surface area (Å²) in [4.78, 5) is 31.2. The fourth-order valence-electron chi connectivity index (χ4n) is 4.56. The maximum absolute atomic E-state index is 12.2. The Morgan fingerprint density at radius 2 is 1.80 bits per heavy atom. The molecular formula is C24H25Cl2N3O6. The standard InChI is InChI=1S/C24H25Cl2N3O6/c1-13-7-17(25)22(18(26)8-13)35-6-5-34-20-4-3-14(10-27-20)16-9-15-11-29(24(32)33)12-19(28(15)2)21(16)23(30)31/h3-4,7-8,10,15,19H,5-6,9,11-12H2,1-2H3,(H,30,31)(H,32,33)/t15-,19-/m1/s1. The fourth-order valence-corrected chi connectivity index (χ4v) is 5.26. The number of hydrogen-bond acceptors (Lipinski definition) is 6. The zero-order valence-corrected chi connectivity index (χ0v) is 20.7. The molecule has 1 saturated heterocycles. The average molecular weight is 522 g/mol. The van der Waals surface area contributed by atoms with Gasteiger partial charge in [0.15, 0.2) is 5.75 Å². The number of carboxylic acid groups (broad SMARTS) is 2. The highest BCUT2D eigenvalue weighted by Crippen LogP contribution is 2.38. The molecule has 0 saturated carbocycles. The van der Waals surface area contributed by atoms with Crippen LogP contribution in [0.5, 0.6) is 11.6 Å². The third kappa shape index (κ3) is 5.32. The number of nitrogens with zero attached hydrogens (tertiary/aromatic N) is 3. The number of pyridine rings is 1. The number of likely N-dealkylation sites (N-methyl/N-ethyl adjacent to an activating group) is 1. The van der Waals surface area contributed by atoms with Crippen molar-refractivity contribution >= 4 is 40.8 Å².